The highest BCUT2D eigenvalue weighted by Gasteiger charge is 2.26. The molecule has 1 N–H and O–H groups in total. The molecule has 1 saturated carbocycles. The van der Waals surface area contributed by atoms with Crippen LogP contribution in [0.1, 0.15) is 38.2 Å². The van der Waals surface area contributed by atoms with E-state index in [-0.39, 0.29) is 17.0 Å². The number of nitrogens with zero attached hydrogens (tertiary/aromatic N) is 2. The quantitative estimate of drug-likeness (QED) is 0.796. The molecule has 0 saturated heterocycles. The number of fused-ring (bicyclic) bond motifs is 1. The van der Waals surface area contributed by atoms with Crippen molar-refractivity contribution >= 4 is 27.4 Å². The summed E-state index contributed by atoms with van der Waals surface area (Å²) in [5.74, 6) is 0.652. The second kappa shape index (κ2) is 8.61. The van der Waals surface area contributed by atoms with Gasteiger partial charge in [0.15, 0.2) is 0 Å². The first-order chi connectivity index (χ1) is 13.0. The normalized spacial score (nSPS) is 21.0. The number of aromatic nitrogens is 1. The number of nitrogens with one attached hydrogen (secondary N) is 1. The minimum atomic E-state index is -2.92. The molecule has 1 heterocycles. The van der Waals surface area contributed by atoms with Gasteiger partial charge >= 0.3 is 6.61 Å². The number of hydrogen-bond donors (Lipinski definition) is 1. The van der Waals surface area contributed by atoms with Gasteiger partial charge in [-0.25, -0.2) is 0 Å². The Balaban J connectivity index is 1.94. The third-order valence-corrected chi connectivity index (χ3v) is 6.56. The van der Waals surface area contributed by atoms with Crippen LogP contribution in [0, 0.1) is 11.3 Å². The largest absolute Gasteiger partial charge is 0.435 e. The van der Waals surface area contributed by atoms with E-state index in [9.17, 15) is 18.3 Å². The van der Waals surface area contributed by atoms with Gasteiger partial charge in [0.1, 0.15) is 11.8 Å². The van der Waals surface area contributed by atoms with Gasteiger partial charge in [-0.05, 0) is 37.5 Å². The molecule has 144 valence electrons. The molecule has 5 nitrogen and oxygen atoms in total. The predicted octanol–water partition coefficient (Wildman–Crippen LogP) is 4.20. The van der Waals surface area contributed by atoms with Crippen molar-refractivity contribution in [1.29, 1.82) is 5.26 Å². The molecule has 3 atom stereocenters. The molecule has 2 aromatic rings. The van der Waals surface area contributed by atoms with Crippen LogP contribution in [0.4, 0.5) is 14.5 Å². The van der Waals surface area contributed by atoms with Crippen LogP contribution in [-0.2, 0) is 10.8 Å². The molecule has 0 radical (unpaired) electrons. The van der Waals surface area contributed by atoms with Gasteiger partial charge in [0.25, 0.3) is 0 Å². The number of ether oxygens (including phenoxy) is 1. The lowest BCUT2D eigenvalue weighted by Crippen LogP contribution is -2.33. The van der Waals surface area contributed by atoms with E-state index in [0.717, 1.165) is 25.7 Å². The van der Waals surface area contributed by atoms with Crippen molar-refractivity contribution in [3.63, 3.8) is 0 Å². The third-order valence-electron chi connectivity index (χ3n) is 4.82. The first-order valence-electron chi connectivity index (χ1n) is 8.93. The summed E-state index contributed by atoms with van der Waals surface area (Å²) in [6.45, 7) is -1.00. The molecule has 3 rings (SSSR count). The van der Waals surface area contributed by atoms with Crippen LogP contribution in [0.5, 0.6) is 5.75 Å². The first-order valence-corrected chi connectivity index (χ1v) is 10.3. The zero-order chi connectivity index (χ0) is 19.4. The number of benzene rings is 1. The number of pyridine rings is 1. The van der Waals surface area contributed by atoms with Gasteiger partial charge in [0.05, 0.1) is 16.8 Å². The van der Waals surface area contributed by atoms with Crippen molar-refractivity contribution in [2.75, 3.05) is 11.1 Å². The van der Waals surface area contributed by atoms with Crippen LogP contribution in [0.2, 0.25) is 0 Å². The van der Waals surface area contributed by atoms with Crippen molar-refractivity contribution < 1.29 is 17.7 Å². The SMILES string of the molecule is CCS(=O)C1CCCC(Nc2c(C#N)cnc3ccc(OC(F)F)cc23)C1. The summed E-state index contributed by atoms with van der Waals surface area (Å²) in [6, 6.07) is 6.67. The van der Waals surface area contributed by atoms with E-state index in [4.69, 9.17) is 0 Å². The minimum Gasteiger partial charge on any atom is -0.435 e. The minimum absolute atomic E-state index is 0.0195. The van der Waals surface area contributed by atoms with Crippen LogP contribution in [0.25, 0.3) is 10.9 Å². The summed E-state index contributed by atoms with van der Waals surface area (Å²) in [4.78, 5) is 4.23. The van der Waals surface area contributed by atoms with Crippen LogP contribution in [0.3, 0.4) is 0 Å². The maximum absolute atomic E-state index is 12.6. The Kier molecular flexibility index (Phi) is 6.22. The third kappa shape index (κ3) is 4.53. The molecule has 27 heavy (non-hydrogen) atoms. The Morgan fingerprint density at radius 3 is 2.96 bits per heavy atom. The maximum atomic E-state index is 12.6. The molecule has 3 unspecified atom stereocenters. The van der Waals surface area contributed by atoms with Gasteiger partial charge in [-0.15, -0.1) is 0 Å². The zero-order valence-electron chi connectivity index (χ0n) is 15.0. The van der Waals surface area contributed by atoms with E-state index in [0.29, 0.717) is 27.9 Å². The van der Waals surface area contributed by atoms with Crippen molar-refractivity contribution in [2.24, 2.45) is 0 Å². The Morgan fingerprint density at radius 2 is 2.26 bits per heavy atom. The van der Waals surface area contributed by atoms with Crippen molar-refractivity contribution in [2.45, 2.75) is 50.5 Å². The highest BCUT2D eigenvalue weighted by atomic mass is 32.2. The number of hydrogen-bond acceptors (Lipinski definition) is 5. The van der Waals surface area contributed by atoms with E-state index in [2.05, 4.69) is 21.1 Å². The number of rotatable bonds is 6. The van der Waals surface area contributed by atoms with E-state index in [1.54, 1.807) is 6.07 Å². The molecule has 1 aliphatic rings. The fourth-order valence-corrected chi connectivity index (χ4v) is 4.89. The molecule has 8 heteroatoms. The van der Waals surface area contributed by atoms with Gasteiger partial charge in [0.2, 0.25) is 0 Å². The van der Waals surface area contributed by atoms with Crippen molar-refractivity contribution in [3.8, 4) is 11.8 Å². The lowest BCUT2D eigenvalue weighted by molar-refractivity contribution is -0.0497. The van der Waals surface area contributed by atoms with Gasteiger partial charge in [-0.2, -0.15) is 14.0 Å². The maximum Gasteiger partial charge on any atom is 0.387 e. The summed E-state index contributed by atoms with van der Waals surface area (Å²) >= 11 is 0. The van der Waals surface area contributed by atoms with Crippen LogP contribution in [-0.4, -0.2) is 32.8 Å². The standard InChI is InChI=1S/C19H21F2N3O2S/c1-2-27(25)15-5-3-4-13(8-15)24-18-12(10-22)11-23-17-7-6-14(9-16(17)18)26-19(20)21/h6-7,9,11,13,15,19H,2-5,8H2,1H3,(H,23,24). The molecule has 0 bridgehead atoms. The van der Waals surface area contributed by atoms with Gasteiger partial charge in [0, 0.05) is 39.4 Å². The molecule has 0 amide bonds. The fraction of sp³-hybridized carbons (Fsp3) is 0.474. The predicted molar refractivity (Wildman–Crippen MR) is 101 cm³/mol. The smallest absolute Gasteiger partial charge is 0.387 e. The lowest BCUT2D eigenvalue weighted by Gasteiger charge is -2.30. The van der Waals surface area contributed by atoms with Gasteiger partial charge in [-0.1, -0.05) is 13.3 Å². The Morgan fingerprint density at radius 1 is 1.44 bits per heavy atom. The molecule has 1 fully saturated rings. The van der Waals surface area contributed by atoms with Crippen molar-refractivity contribution in [3.05, 3.63) is 30.0 Å². The van der Waals surface area contributed by atoms with Gasteiger partial charge in [-0.3, -0.25) is 9.19 Å². The molecule has 1 aliphatic carbocycles. The molecular weight excluding hydrogens is 372 g/mol. The summed E-state index contributed by atoms with van der Waals surface area (Å²) in [5, 5.41) is 13.6. The van der Waals surface area contributed by atoms with Crippen LogP contribution in [0.15, 0.2) is 24.4 Å². The highest BCUT2D eigenvalue weighted by Crippen LogP contribution is 2.33. The van der Waals surface area contributed by atoms with Crippen LogP contribution < -0.4 is 10.1 Å². The van der Waals surface area contributed by atoms with E-state index in [1.165, 1.54) is 18.3 Å². The number of halogens is 2. The average Bonchev–Trinajstić information content (AvgIpc) is 2.67. The monoisotopic (exact) mass is 393 g/mol. The summed E-state index contributed by atoms with van der Waals surface area (Å²) in [5.41, 5.74) is 1.49. The number of anilines is 1. The second-order valence-corrected chi connectivity index (χ2v) is 8.52. The number of nitriles is 1. The Bertz CT molecular complexity index is 885. The van der Waals surface area contributed by atoms with E-state index < -0.39 is 17.4 Å². The summed E-state index contributed by atoms with van der Waals surface area (Å²) < 4.78 is 41.8. The van der Waals surface area contributed by atoms with Gasteiger partial charge < -0.3 is 10.1 Å². The topological polar surface area (TPSA) is 75.0 Å². The fourth-order valence-electron chi connectivity index (χ4n) is 3.54. The first kappa shape index (κ1) is 19.5. The summed E-state index contributed by atoms with van der Waals surface area (Å²) in [6.07, 6.45) is 5.02. The summed E-state index contributed by atoms with van der Waals surface area (Å²) in [7, 11) is -0.857. The molecule has 1 aromatic carbocycles. The molecule has 0 aliphatic heterocycles. The van der Waals surface area contributed by atoms with Crippen LogP contribution >= 0.6 is 0 Å². The molecule has 1 aromatic heterocycles. The Hall–Kier alpha value is -2.27. The van der Waals surface area contributed by atoms with E-state index >= 15 is 0 Å². The van der Waals surface area contributed by atoms with E-state index in [1.807, 2.05) is 6.92 Å². The lowest BCUT2D eigenvalue weighted by atomic mass is 9.94. The molecular formula is C19H21F2N3O2S. The van der Waals surface area contributed by atoms with Crippen molar-refractivity contribution in [1.82, 2.24) is 4.98 Å². The number of alkyl halides is 2. The Labute approximate surface area is 159 Å². The molecule has 0 spiro atoms. The second-order valence-electron chi connectivity index (χ2n) is 6.52. The zero-order valence-corrected chi connectivity index (χ0v) is 15.8. The highest BCUT2D eigenvalue weighted by molar-refractivity contribution is 7.85. The average molecular weight is 393 g/mol.